The molecule has 0 saturated heterocycles. The monoisotopic (exact) mass is 390 g/mol. The second kappa shape index (κ2) is 8.74. The Bertz CT molecular complexity index is 954. The lowest BCUT2D eigenvalue weighted by molar-refractivity contribution is -0.384. The number of aryl methyl sites for hydroxylation is 1. The van der Waals surface area contributed by atoms with Crippen LogP contribution in [-0.2, 0) is 10.0 Å². The number of nitrogens with zero attached hydrogens (tertiary/aromatic N) is 3. The lowest BCUT2D eigenvalue weighted by Crippen LogP contribution is -2.30. The molecule has 0 atom stereocenters. The largest absolute Gasteiger partial charge is 0.295 e. The van der Waals surface area contributed by atoms with Crippen LogP contribution >= 0.6 is 0 Å². The van der Waals surface area contributed by atoms with E-state index in [0.717, 1.165) is 17.2 Å². The Morgan fingerprint density at radius 3 is 2.48 bits per heavy atom. The first-order chi connectivity index (χ1) is 12.8. The predicted octanol–water partition coefficient (Wildman–Crippen LogP) is 3.38. The lowest BCUT2D eigenvalue weighted by Gasteiger charge is -2.18. The molecule has 0 radical (unpaired) electrons. The fourth-order valence-electron chi connectivity index (χ4n) is 2.56. The van der Waals surface area contributed by atoms with Gasteiger partial charge in [0.1, 0.15) is 5.69 Å². The Morgan fingerprint density at radius 1 is 1.19 bits per heavy atom. The van der Waals surface area contributed by atoms with Crippen molar-refractivity contribution in [3.8, 4) is 0 Å². The van der Waals surface area contributed by atoms with Crippen LogP contribution in [-0.4, -0.2) is 37.0 Å². The van der Waals surface area contributed by atoms with Crippen molar-refractivity contribution in [2.75, 3.05) is 18.5 Å². The van der Waals surface area contributed by atoms with Crippen molar-refractivity contribution in [1.82, 2.24) is 4.31 Å². The number of hydrogen-bond donors (Lipinski definition) is 1. The van der Waals surface area contributed by atoms with Gasteiger partial charge < -0.3 is 0 Å². The van der Waals surface area contributed by atoms with Crippen molar-refractivity contribution in [2.45, 2.75) is 25.7 Å². The van der Waals surface area contributed by atoms with Crippen LogP contribution in [0, 0.1) is 17.0 Å². The summed E-state index contributed by atoms with van der Waals surface area (Å²) in [5, 5.41) is 15.4. The number of hydrogen-bond acceptors (Lipinski definition) is 6. The predicted molar refractivity (Wildman–Crippen MR) is 106 cm³/mol. The van der Waals surface area contributed by atoms with Crippen molar-refractivity contribution in [1.29, 1.82) is 0 Å². The molecule has 1 N–H and O–H groups in total. The van der Waals surface area contributed by atoms with Crippen molar-refractivity contribution in [3.05, 3.63) is 63.7 Å². The summed E-state index contributed by atoms with van der Waals surface area (Å²) >= 11 is 0. The highest BCUT2D eigenvalue weighted by molar-refractivity contribution is 7.89. The minimum Gasteiger partial charge on any atom is -0.272 e. The fraction of sp³-hybridized carbons (Fsp3) is 0.278. The average Bonchev–Trinajstić information content (AvgIpc) is 2.62. The maximum Gasteiger partial charge on any atom is 0.295 e. The molecule has 0 aliphatic carbocycles. The molecule has 2 rings (SSSR count). The Morgan fingerprint density at radius 2 is 1.89 bits per heavy atom. The molecule has 0 unspecified atom stereocenters. The highest BCUT2D eigenvalue weighted by Gasteiger charge is 2.25. The van der Waals surface area contributed by atoms with Gasteiger partial charge in [-0.25, -0.2) is 8.42 Å². The topological polar surface area (TPSA) is 105 Å². The Hall–Kier alpha value is -2.78. The molecule has 0 spiro atoms. The summed E-state index contributed by atoms with van der Waals surface area (Å²) in [6.07, 6.45) is 1.54. The van der Waals surface area contributed by atoms with Gasteiger partial charge in [0.25, 0.3) is 5.69 Å². The van der Waals surface area contributed by atoms with E-state index in [9.17, 15) is 18.5 Å². The number of benzene rings is 2. The molecule has 2 aromatic rings. The van der Waals surface area contributed by atoms with Gasteiger partial charge in [0.2, 0.25) is 10.0 Å². The first-order valence-electron chi connectivity index (χ1n) is 8.44. The second-order valence-corrected chi connectivity index (χ2v) is 7.75. The fourth-order valence-corrected chi connectivity index (χ4v) is 4.04. The van der Waals surface area contributed by atoms with E-state index < -0.39 is 14.9 Å². The zero-order valence-corrected chi connectivity index (χ0v) is 16.2. The SMILES string of the molecule is CCN(CC)S(=O)(=O)c1ccc(N/N=C/c2cccc(C)c2)c([N+](=O)[O-])c1. The smallest absolute Gasteiger partial charge is 0.272 e. The van der Waals surface area contributed by atoms with Crippen LogP contribution in [0.1, 0.15) is 25.0 Å². The summed E-state index contributed by atoms with van der Waals surface area (Å²) in [7, 11) is -3.78. The van der Waals surface area contributed by atoms with Crippen molar-refractivity contribution < 1.29 is 13.3 Å². The van der Waals surface area contributed by atoms with Crippen molar-refractivity contribution in [2.24, 2.45) is 5.10 Å². The van der Waals surface area contributed by atoms with Gasteiger partial charge in [-0.15, -0.1) is 0 Å². The molecule has 0 aromatic heterocycles. The number of rotatable bonds is 8. The number of nitro groups is 1. The number of nitrogens with one attached hydrogen (secondary N) is 1. The number of sulfonamides is 1. The van der Waals surface area contributed by atoms with E-state index >= 15 is 0 Å². The summed E-state index contributed by atoms with van der Waals surface area (Å²) in [6, 6.07) is 11.3. The molecule has 0 saturated carbocycles. The normalized spacial score (nSPS) is 11.9. The van der Waals surface area contributed by atoms with E-state index in [2.05, 4.69) is 10.5 Å². The Balaban J connectivity index is 2.32. The van der Waals surface area contributed by atoms with Gasteiger partial charge in [0.05, 0.1) is 16.0 Å². The lowest BCUT2D eigenvalue weighted by atomic mass is 10.2. The van der Waals surface area contributed by atoms with E-state index in [-0.39, 0.29) is 29.4 Å². The van der Waals surface area contributed by atoms with Gasteiger partial charge in [-0.05, 0) is 24.6 Å². The summed E-state index contributed by atoms with van der Waals surface area (Å²) in [4.78, 5) is 10.6. The van der Waals surface area contributed by atoms with Gasteiger partial charge in [0.15, 0.2) is 0 Å². The third-order valence-electron chi connectivity index (χ3n) is 3.95. The van der Waals surface area contributed by atoms with Crippen molar-refractivity contribution in [3.63, 3.8) is 0 Å². The highest BCUT2D eigenvalue weighted by Crippen LogP contribution is 2.29. The molecule has 2 aromatic carbocycles. The Labute approximate surface area is 158 Å². The standard InChI is InChI=1S/C18H22N4O4S/c1-4-21(5-2)27(25,26)16-9-10-17(18(12-16)22(23)24)20-19-13-15-8-6-7-14(3)11-15/h6-13,20H,4-5H2,1-3H3/b19-13+. The zero-order chi connectivity index (χ0) is 20.0. The van der Waals surface area contributed by atoms with Crippen LogP contribution in [0.4, 0.5) is 11.4 Å². The number of hydrazone groups is 1. The molecule has 0 aliphatic heterocycles. The van der Waals surface area contributed by atoms with E-state index in [1.165, 1.54) is 22.7 Å². The van der Waals surface area contributed by atoms with Crippen LogP contribution in [0.3, 0.4) is 0 Å². The van der Waals surface area contributed by atoms with Gasteiger partial charge in [-0.1, -0.05) is 43.7 Å². The third kappa shape index (κ3) is 4.89. The van der Waals surface area contributed by atoms with Crippen molar-refractivity contribution >= 4 is 27.6 Å². The summed E-state index contributed by atoms with van der Waals surface area (Å²) in [5.41, 5.74) is 4.28. The van der Waals surface area contributed by atoms with Crippen LogP contribution in [0.15, 0.2) is 52.5 Å². The van der Waals surface area contributed by atoms with E-state index in [1.54, 1.807) is 13.8 Å². The van der Waals surface area contributed by atoms with Gasteiger partial charge in [-0.2, -0.15) is 9.41 Å². The maximum absolute atomic E-state index is 12.6. The summed E-state index contributed by atoms with van der Waals surface area (Å²) in [5.74, 6) is 0. The van der Waals surface area contributed by atoms with Crippen LogP contribution < -0.4 is 5.43 Å². The number of anilines is 1. The summed E-state index contributed by atoms with van der Waals surface area (Å²) in [6.45, 7) is 5.95. The second-order valence-electron chi connectivity index (χ2n) is 5.81. The molecule has 0 heterocycles. The maximum atomic E-state index is 12.6. The van der Waals surface area contributed by atoms with E-state index in [4.69, 9.17) is 0 Å². The molecule has 27 heavy (non-hydrogen) atoms. The number of nitro benzene ring substituents is 1. The van der Waals surface area contributed by atoms with Gasteiger partial charge in [0, 0.05) is 19.2 Å². The first kappa shape index (κ1) is 20.5. The minimum atomic E-state index is -3.78. The van der Waals surface area contributed by atoms with Crippen LogP contribution in [0.2, 0.25) is 0 Å². The minimum absolute atomic E-state index is 0.113. The van der Waals surface area contributed by atoms with Crippen LogP contribution in [0.5, 0.6) is 0 Å². The highest BCUT2D eigenvalue weighted by atomic mass is 32.2. The third-order valence-corrected chi connectivity index (χ3v) is 6.00. The molecule has 8 nitrogen and oxygen atoms in total. The molecule has 0 aliphatic rings. The first-order valence-corrected chi connectivity index (χ1v) is 9.88. The zero-order valence-electron chi connectivity index (χ0n) is 15.4. The molecular formula is C18H22N4O4S. The molecular weight excluding hydrogens is 368 g/mol. The molecule has 0 amide bonds. The summed E-state index contributed by atoms with van der Waals surface area (Å²) < 4.78 is 26.4. The van der Waals surface area contributed by atoms with E-state index in [0.29, 0.717) is 0 Å². The van der Waals surface area contributed by atoms with Gasteiger partial charge >= 0.3 is 0 Å². The Kier molecular flexibility index (Phi) is 6.65. The van der Waals surface area contributed by atoms with E-state index in [1.807, 2.05) is 31.2 Å². The molecule has 0 bridgehead atoms. The van der Waals surface area contributed by atoms with Crippen LogP contribution in [0.25, 0.3) is 0 Å². The molecule has 0 fully saturated rings. The quantitative estimate of drug-likeness (QED) is 0.423. The van der Waals surface area contributed by atoms with Gasteiger partial charge in [-0.3, -0.25) is 15.5 Å². The molecule has 9 heteroatoms. The average molecular weight is 390 g/mol. The molecule has 144 valence electrons.